The molecular formula is C30H32F6N2O. The van der Waals surface area contributed by atoms with Crippen LogP contribution in [-0.4, -0.2) is 30.4 Å². The molecule has 3 nitrogen and oxygen atoms in total. The van der Waals surface area contributed by atoms with Gasteiger partial charge in [0.2, 0.25) is 5.91 Å². The van der Waals surface area contributed by atoms with Gasteiger partial charge in [0, 0.05) is 24.4 Å². The van der Waals surface area contributed by atoms with E-state index in [4.69, 9.17) is 0 Å². The van der Waals surface area contributed by atoms with Crippen LogP contribution in [0.3, 0.4) is 0 Å². The molecule has 39 heavy (non-hydrogen) atoms. The van der Waals surface area contributed by atoms with E-state index in [-0.39, 0.29) is 41.3 Å². The minimum atomic E-state index is -4.92. The first-order chi connectivity index (χ1) is 18.4. The predicted octanol–water partition coefficient (Wildman–Crippen LogP) is 7.06. The quantitative estimate of drug-likeness (QED) is 0.374. The maximum Gasteiger partial charge on any atom is 0.416 e. The van der Waals surface area contributed by atoms with Gasteiger partial charge in [0.05, 0.1) is 11.1 Å². The summed E-state index contributed by atoms with van der Waals surface area (Å²) in [5.41, 5.74) is -0.308. The zero-order valence-corrected chi connectivity index (χ0v) is 21.7. The standard InChI is InChI=1S/C30H32F6N2O/c1-19-18-38(13-11-28(19)10-8-22-4-2-3-5-26(22)28)12-9-25(21-6-7-21)27(39)37-17-20-14-23(29(31,32)33)16-24(15-20)30(34,35)36/h2-5,8,10,14-16,19,21,25H,6-7,9,11-13,17-18H2,1H3,(H,37,39)/t19-,25?,28-/m0/s1. The van der Waals surface area contributed by atoms with Crippen molar-refractivity contribution in [3.63, 3.8) is 0 Å². The van der Waals surface area contributed by atoms with E-state index >= 15 is 0 Å². The number of hydrogen-bond acceptors (Lipinski definition) is 2. The molecule has 2 fully saturated rings. The van der Waals surface area contributed by atoms with E-state index in [2.05, 4.69) is 47.5 Å². The fourth-order valence-corrected chi connectivity index (χ4v) is 6.32. The Morgan fingerprint density at radius 1 is 1.05 bits per heavy atom. The zero-order chi connectivity index (χ0) is 28.0. The van der Waals surface area contributed by atoms with Crippen molar-refractivity contribution < 1.29 is 31.1 Å². The van der Waals surface area contributed by atoms with Crippen LogP contribution in [0.2, 0.25) is 0 Å². The molecule has 1 saturated carbocycles. The molecule has 1 N–H and O–H groups in total. The molecule has 9 heteroatoms. The normalized spacial score (nSPS) is 24.1. The molecular weight excluding hydrogens is 518 g/mol. The summed E-state index contributed by atoms with van der Waals surface area (Å²) in [5.74, 6) is -0.0210. The van der Waals surface area contributed by atoms with Crippen molar-refractivity contribution in [3.8, 4) is 0 Å². The van der Waals surface area contributed by atoms with E-state index in [1.165, 1.54) is 11.1 Å². The molecule has 1 unspecified atom stereocenters. The van der Waals surface area contributed by atoms with Crippen LogP contribution < -0.4 is 5.32 Å². The van der Waals surface area contributed by atoms with E-state index in [0.29, 0.717) is 24.5 Å². The summed E-state index contributed by atoms with van der Waals surface area (Å²) in [7, 11) is 0. The Balaban J connectivity index is 1.20. The summed E-state index contributed by atoms with van der Waals surface area (Å²) in [5, 5.41) is 2.62. The van der Waals surface area contributed by atoms with Crippen molar-refractivity contribution in [3.05, 3.63) is 76.4 Å². The molecule has 210 valence electrons. The molecule has 2 aromatic carbocycles. The van der Waals surface area contributed by atoms with Crippen molar-refractivity contribution in [2.75, 3.05) is 19.6 Å². The average Bonchev–Trinajstić information content (AvgIpc) is 3.65. The molecule has 3 atom stereocenters. The third kappa shape index (κ3) is 5.88. The number of nitrogens with zero attached hydrogens (tertiary/aromatic N) is 1. The number of amides is 1. The first kappa shape index (κ1) is 27.7. The van der Waals surface area contributed by atoms with Crippen LogP contribution in [0.4, 0.5) is 26.3 Å². The summed E-state index contributed by atoms with van der Waals surface area (Å²) in [6, 6.07) is 9.91. The molecule has 2 aromatic rings. The Morgan fingerprint density at radius 3 is 2.33 bits per heavy atom. The van der Waals surface area contributed by atoms with Crippen molar-refractivity contribution in [2.24, 2.45) is 17.8 Å². The van der Waals surface area contributed by atoms with E-state index in [1.807, 2.05) is 6.07 Å². The van der Waals surface area contributed by atoms with Crippen LogP contribution >= 0.6 is 0 Å². The van der Waals surface area contributed by atoms with E-state index < -0.39 is 23.5 Å². The number of allylic oxidation sites excluding steroid dienone is 1. The number of fused-ring (bicyclic) bond motifs is 2. The number of likely N-dealkylation sites (tertiary alicyclic amines) is 1. The fraction of sp³-hybridized carbons (Fsp3) is 0.500. The number of rotatable bonds is 7. The molecule has 1 aliphatic heterocycles. The Bertz CT molecular complexity index is 1220. The second-order valence-electron chi connectivity index (χ2n) is 11.3. The minimum Gasteiger partial charge on any atom is -0.352 e. The molecule has 1 spiro atoms. The average molecular weight is 551 g/mol. The highest BCUT2D eigenvalue weighted by atomic mass is 19.4. The SMILES string of the molecule is C[C@H]1CN(CCC(C(=O)NCc2cc(C(F)(F)F)cc(C(F)(F)F)c2)C2CC2)CC[C@@]12C=Cc1ccccc12. The lowest BCUT2D eigenvalue weighted by Gasteiger charge is -2.44. The Hall–Kier alpha value is -2.81. The minimum absolute atomic E-state index is 0.0284. The number of alkyl halides is 6. The molecule has 3 aliphatic rings. The first-order valence-corrected chi connectivity index (χ1v) is 13.4. The number of nitrogens with one attached hydrogen (secondary N) is 1. The van der Waals surface area contributed by atoms with E-state index in [1.54, 1.807) is 0 Å². The van der Waals surface area contributed by atoms with Gasteiger partial charge in [-0.1, -0.05) is 43.3 Å². The Labute approximate surface area is 224 Å². The third-order valence-electron chi connectivity index (χ3n) is 8.67. The van der Waals surface area contributed by atoms with Gasteiger partial charge in [-0.15, -0.1) is 0 Å². The summed E-state index contributed by atoms with van der Waals surface area (Å²) in [6.07, 6.45) is -1.90. The van der Waals surface area contributed by atoms with Gasteiger partial charge in [0.15, 0.2) is 0 Å². The van der Waals surface area contributed by atoms with Gasteiger partial charge in [0.25, 0.3) is 0 Å². The van der Waals surface area contributed by atoms with Crippen molar-refractivity contribution in [1.82, 2.24) is 10.2 Å². The summed E-state index contributed by atoms with van der Waals surface area (Å²) in [6.45, 7) is 4.38. The smallest absolute Gasteiger partial charge is 0.352 e. The lowest BCUT2D eigenvalue weighted by Crippen LogP contribution is -2.48. The maximum absolute atomic E-state index is 13.2. The van der Waals surface area contributed by atoms with Gasteiger partial charge >= 0.3 is 12.4 Å². The molecule has 2 aliphatic carbocycles. The molecule has 5 rings (SSSR count). The second-order valence-corrected chi connectivity index (χ2v) is 11.3. The second kappa shape index (κ2) is 10.3. The molecule has 0 bridgehead atoms. The molecule has 1 saturated heterocycles. The summed E-state index contributed by atoms with van der Waals surface area (Å²) >= 11 is 0. The van der Waals surface area contributed by atoms with Gasteiger partial charge < -0.3 is 10.2 Å². The zero-order valence-electron chi connectivity index (χ0n) is 21.7. The van der Waals surface area contributed by atoms with Crippen LogP contribution in [0, 0.1) is 17.8 Å². The van der Waals surface area contributed by atoms with E-state index in [0.717, 1.165) is 38.9 Å². The molecule has 0 radical (unpaired) electrons. The summed E-state index contributed by atoms with van der Waals surface area (Å²) in [4.78, 5) is 15.4. The van der Waals surface area contributed by atoms with Crippen LogP contribution in [0.15, 0.2) is 48.5 Å². The first-order valence-electron chi connectivity index (χ1n) is 13.4. The molecule has 1 amide bonds. The maximum atomic E-state index is 13.2. The highest BCUT2D eigenvalue weighted by Crippen LogP contribution is 2.47. The predicted molar refractivity (Wildman–Crippen MR) is 136 cm³/mol. The highest BCUT2D eigenvalue weighted by molar-refractivity contribution is 5.79. The number of hydrogen-bond donors (Lipinski definition) is 1. The number of carbonyl (C=O) groups is 1. The van der Waals surface area contributed by atoms with Crippen LogP contribution in [-0.2, 0) is 29.1 Å². The molecule has 0 aromatic heterocycles. The number of piperidine rings is 1. The largest absolute Gasteiger partial charge is 0.416 e. The topological polar surface area (TPSA) is 32.3 Å². The van der Waals surface area contributed by atoms with Crippen LogP contribution in [0.1, 0.15) is 60.4 Å². The fourth-order valence-electron chi connectivity index (χ4n) is 6.32. The van der Waals surface area contributed by atoms with Gasteiger partial charge in [-0.2, -0.15) is 26.3 Å². The van der Waals surface area contributed by atoms with Crippen LogP contribution in [0.5, 0.6) is 0 Å². The highest BCUT2D eigenvalue weighted by Gasteiger charge is 2.44. The number of halogens is 6. The van der Waals surface area contributed by atoms with Gasteiger partial charge in [-0.3, -0.25) is 4.79 Å². The monoisotopic (exact) mass is 550 g/mol. The Kier molecular flexibility index (Phi) is 7.33. The van der Waals surface area contributed by atoms with Gasteiger partial charge in [-0.05, 0) is 85.5 Å². The third-order valence-corrected chi connectivity index (χ3v) is 8.67. The molecule has 1 heterocycles. The Morgan fingerprint density at radius 2 is 1.72 bits per heavy atom. The van der Waals surface area contributed by atoms with Gasteiger partial charge in [0.1, 0.15) is 0 Å². The number of carbonyl (C=O) groups excluding carboxylic acids is 1. The van der Waals surface area contributed by atoms with Crippen molar-refractivity contribution >= 4 is 12.0 Å². The van der Waals surface area contributed by atoms with E-state index in [9.17, 15) is 31.1 Å². The lowest BCUT2D eigenvalue weighted by molar-refractivity contribution is -0.143. The number of benzene rings is 2. The van der Waals surface area contributed by atoms with Crippen molar-refractivity contribution in [1.29, 1.82) is 0 Å². The lowest BCUT2D eigenvalue weighted by atomic mass is 9.68. The van der Waals surface area contributed by atoms with Crippen molar-refractivity contribution in [2.45, 2.75) is 56.9 Å². The van der Waals surface area contributed by atoms with Gasteiger partial charge in [-0.25, -0.2) is 0 Å². The summed E-state index contributed by atoms with van der Waals surface area (Å²) < 4.78 is 79.1. The van der Waals surface area contributed by atoms with Crippen LogP contribution in [0.25, 0.3) is 6.08 Å².